The van der Waals surface area contributed by atoms with Gasteiger partial charge in [0.15, 0.2) is 0 Å². The SMILES string of the molecule is C1=CC[C@]23CCCC[C@]2(C1)CN(/N=N/N1C[C@]24CC=CC[C@@]2(CCCC4)C1)C3. The van der Waals surface area contributed by atoms with Gasteiger partial charge in [0.1, 0.15) is 0 Å². The topological polar surface area (TPSA) is 31.2 Å². The van der Waals surface area contributed by atoms with E-state index < -0.39 is 0 Å². The molecule has 0 spiro atoms. The van der Waals surface area contributed by atoms with Crippen LogP contribution >= 0.6 is 0 Å². The molecule has 4 heteroatoms. The van der Waals surface area contributed by atoms with Crippen molar-refractivity contribution in [2.24, 2.45) is 32.1 Å². The first-order valence-electron chi connectivity index (χ1n) is 11.9. The van der Waals surface area contributed by atoms with Crippen molar-refractivity contribution in [1.29, 1.82) is 0 Å². The molecule has 0 aromatic rings. The van der Waals surface area contributed by atoms with Gasteiger partial charge in [-0.1, -0.05) is 60.4 Å². The third-order valence-electron chi connectivity index (χ3n) is 9.97. The van der Waals surface area contributed by atoms with Gasteiger partial charge in [0.25, 0.3) is 0 Å². The van der Waals surface area contributed by atoms with Crippen molar-refractivity contribution in [2.45, 2.75) is 77.0 Å². The molecule has 2 aliphatic heterocycles. The fraction of sp³-hybridized carbons (Fsp3) is 0.833. The van der Waals surface area contributed by atoms with Crippen molar-refractivity contribution in [1.82, 2.24) is 10.0 Å². The molecule has 2 heterocycles. The molecule has 28 heavy (non-hydrogen) atoms. The summed E-state index contributed by atoms with van der Waals surface area (Å²) in [5.74, 6) is 0. The molecule has 4 atom stereocenters. The number of hydrogen-bond donors (Lipinski definition) is 0. The van der Waals surface area contributed by atoms with Gasteiger partial charge >= 0.3 is 0 Å². The fourth-order valence-corrected chi connectivity index (χ4v) is 8.42. The van der Waals surface area contributed by atoms with E-state index in [9.17, 15) is 0 Å². The third kappa shape index (κ3) is 2.29. The lowest BCUT2D eigenvalue weighted by molar-refractivity contribution is 0.0342. The number of nitrogens with zero attached hydrogens (tertiary/aromatic N) is 4. The molecule has 6 aliphatic rings. The summed E-state index contributed by atoms with van der Waals surface area (Å²) in [5, 5.41) is 14.5. The molecule has 0 N–H and O–H groups in total. The standard InChI is InChI=1S/C24H36N4/c1-2-10-22-12-4-3-11-21(22,9-1)17-27(18-22)25-26-28-19-23-13-5-6-14-24(23,20-28)16-8-7-15-23/h1-2,5-6H,3-4,7-20H2/b26-25+/t21-,22-,23-,24-/m1/s1. The summed E-state index contributed by atoms with van der Waals surface area (Å²) in [6, 6.07) is 0. The minimum atomic E-state index is 0.479. The quantitative estimate of drug-likeness (QED) is 0.455. The molecule has 2 saturated heterocycles. The molecule has 4 nitrogen and oxygen atoms in total. The van der Waals surface area contributed by atoms with E-state index in [0.717, 1.165) is 26.2 Å². The maximum atomic E-state index is 4.89. The molecule has 0 bridgehead atoms. The molecule has 0 unspecified atom stereocenters. The lowest BCUT2D eigenvalue weighted by Gasteiger charge is -2.49. The van der Waals surface area contributed by atoms with Crippen molar-refractivity contribution in [2.75, 3.05) is 26.2 Å². The lowest BCUT2D eigenvalue weighted by atomic mass is 9.53. The summed E-state index contributed by atoms with van der Waals surface area (Å²) in [6.45, 7) is 4.53. The van der Waals surface area contributed by atoms with Crippen LogP contribution in [0.5, 0.6) is 0 Å². The molecule has 4 aliphatic carbocycles. The highest BCUT2D eigenvalue weighted by Gasteiger charge is 2.59. The number of hydrogen-bond acceptors (Lipinski definition) is 2. The maximum absolute atomic E-state index is 4.89. The second-order valence-electron chi connectivity index (χ2n) is 11.1. The molecule has 152 valence electrons. The Morgan fingerprint density at radius 2 is 0.750 bits per heavy atom. The average Bonchev–Trinajstić information content (AvgIpc) is 3.25. The fourth-order valence-electron chi connectivity index (χ4n) is 8.42. The lowest BCUT2D eigenvalue weighted by Crippen LogP contribution is -2.44. The predicted molar refractivity (Wildman–Crippen MR) is 111 cm³/mol. The van der Waals surface area contributed by atoms with E-state index >= 15 is 0 Å². The highest BCUT2D eigenvalue weighted by Crippen LogP contribution is 2.63. The van der Waals surface area contributed by atoms with Crippen LogP contribution in [0.25, 0.3) is 0 Å². The van der Waals surface area contributed by atoms with Crippen LogP contribution in [-0.2, 0) is 0 Å². The van der Waals surface area contributed by atoms with Crippen LogP contribution in [0.3, 0.4) is 0 Å². The Bertz CT molecular complexity index is 616. The summed E-state index contributed by atoms with van der Waals surface area (Å²) >= 11 is 0. The van der Waals surface area contributed by atoms with Crippen LogP contribution < -0.4 is 0 Å². The Morgan fingerprint density at radius 1 is 0.464 bits per heavy atom. The van der Waals surface area contributed by atoms with E-state index in [4.69, 9.17) is 10.4 Å². The Morgan fingerprint density at radius 3 is 1.04 bits per heavy atom. The van der Waals surface area contributed by atoms with Crippen LogP contribution in [0.1, 0.15) is 77.0 Å². The van der Waals surface area contributed by atoms with Crippen molar-refractivity contribution >= 4 is 0 Å². The van der Waals surface area contributed by atoms with Gasteiger partial charge in [-0.05, 0) is 51.4 Å². The minimum absolute atomic E-state index is 0.479. The maximum Gasteiger partial charge on any atom is 0.0443 e. The van der Waals surface area contributed by atoms with Gasteiger partial charge in [-0.3, -0.25) is 10.0 Å². The van der Waals surface area contributed by atoms with Gasteiger partial charge in [-0.2, -0.15) is 0 Å². The Hall–Kier alpha value is -1.32. The number of allylic oxidation sites excluding steroid dienone is 4. The van der Waals surface area contributed by atoms with Crippen molar-refractivity contribution in [3.63, 3.8) is 0 Å². The van der Waals surface area contributed by atoms with Crippen molar-refractivity contribution in [3.8, 4) is 0 Å². The van der Waals surface area contributed by atoms with E-state index in [-0.39, 0.29) is 0 Å². The Kier molecular flexibility index (Phi) is 3.81. The van der Waals surface area contributed by atoms with E-state index in [1.165, 1.54) is 77.0 Å². The van der Waals surface area contributed by atoms with Crippen LogP contribution in [0.15, 0.2) is 34.8 Å². The zero-order valence-electron chi connectivity index (χ0n) is 17.4. The zero-order valence-corrected chi connectivity index (χ0v) is 17.4. The Balaban J connectivity index is 1.20. The largest absolute Gasteiger partial charge is 0.276 e. The molecular weight excluding hydrogens is 344 g/mol. The van der Waals surface area contributed by atoms with Gasteiger partial charge in [-0.15, -0.1) is 0 Å². The van der Waals surface area contributed by atoms with Gasteiger partial charge in [0, 0.05) is 47.8 Å². The molecule has 2 saturated carbocycles. The summed E-state index contributed by atoms with van der Waals surface area (Å²) in [4.78, 5) is 0. The van der Waals surface area contributed by atoms with Crippen molar-refractivity contribution < 1.29 is 0 Å². The smallest absolute Gasteiger partial charge is 0.0443 e. The second kappa shape index (κ2) is 6.09. The monoisotopic (exact) mass is 380 g/mol. The van der Waals surface area contributed by atoms with Gasteiger partial charge in [0.05, 0.1) is 0 Å². The van der Waals surface area contributed by atoms with Crippen LogP contribution in [-0.4, -0.2) is 36.2 Å². The summed E-state index contributed by atoms with van der Waals surface area (Å²) < 4.78 is 0. The summed E-state index contributed by atoms with van der Waals surface area (Å²) in [5.41, 5.74) is 1.92. The minimum Gasteiger partial charge on any atom is -0.276 e. The van der Waals surface area contributed by atoms with Gasteiger partial charge in [0.2, 0.25) is 0 Å². The van der Waals surface area contributed by atoms with Crippen LogP contribution in [0.2, 0.25) is 0 Å². The van der Waals surface area contributed by atoms with Gasteiger partial charge in [-0.25, -0.2) is 0 Å². The third-order valence-corrected chi connectivity index (χ3v) is 9.97. The van der Waals surface area contributed by atoms with E-state index in [2.05, 4.69) is 34.3 Å². The van der Waals surface area contributed by atoms with E-state index in [0.29, 0.717) is 21.7 Å². The first-order valence-corrected chi connectivity index (χ1v) is 11.9. The van der Waals surface area contributed by atoms with E-state index in [1.807, 2.05) is 0 Å². The molecule has 0 amide bonds. The van der Waals surface area contributed by atoms with Gasteiger partial charge < -0.3 is 0 Å². The first-order chi connectivity index (χ1) is 13.7. The summed E-state index contributed by atoms with van der Waals surface area (Å²) in [7, 11) is 0. The molecular formula is C24H36N4. The molecule has 4 fully saturated rings. The summed E-state index contributed by atoms with van der Waals surface area (Å²) in [6.07, 6.45) is 26.1. The van der Waals surface area contributed by atoms with Crippen LogP contribution in [0, 0.1) is 21.7 Å². The van der Waals surface area contributed by atoms with Crippen LogP contribution in [0.4, 0.5) is 0 Å². The predicted octanol–water partition coefficient (Wildman–Crippen LogP) is 5.69. The highest BCUT2D eigenvalue weighted by molar-refractivity contribution is 5.17. The van der Waals surface area contributed by atoms with Crippen molar-refractivity contribution in [3.05, 3.63) is 24.3 Å². The Labute approximate surface area is 170 Å². The first kappa shape index (κ1) is 17.5. The molecule has 0 aromatic heterocycles. The molecule has 0 radical (unpaired) electrons. The molecule has 6 rings (SSSR count). The zero-order chi connectivity index (χ0) is 18.7. The highest BCUT2D eigenvalue weighted by atomic mass is 15.7. The normalized spacial score (nSPS) is 47.1. The second-order valence-corrected chi connectivity index (χ2v) is 11.1. The average molecular weight is 381 g/mol. The number of rotatable bonds is 2. The van der Waals surface area contributed by atoms with E-state index in [1.54, 1.807) is 0 Å². The molecule has 0 aromatic carbocycles.